The number of benzene rings is 1. The Morgan fingerprint density at radius 2 is 2.11 bits per heavy atom. The van der Waals surface area contributed by atoms with Gasteiger partial charge in [-0.3, -0.25) is 9.78 Å². The largest absolute Gasteiger partial charge is 0.399 e. The first kappa shape index (κ1) is 13.1. The summed E-state index contributed by atoms with van der Waals surface area (Å²) in [5, 5.41) is 0. The van der Waals surface area contributed by atoms with Crippen molar-refractivity contribution < 1.29 is 4.79 Å². The fourth-order valence-corrected chi connectivity index (χ4v) is 1.97. The average molecular weight is 255 g/mol. The van der Waals surface area contributed by atoms with E-state index in [1.54, 1.807) is 35.4 Å². The van der Waals surface area contributed by atoms with Crippen molar-refractivity contribution in [2.24, 2.45) is 0 Å². The van der Waals surface area contributed by atoms with E-state index in [4.69, 9.17) is 5.73 Å². The Bertz CT molecular complexity index is 595. The van der Waals surface area contributed by atoms with Gasteiger partial charge in [-0.05, 0) is 44.2 Å². The van der Waals surface area contributed by atoms with Gasteiger partial charge in [-0.25, -0.2) is 0 Å². The Morgan fingerprint density at radius 3 is 2.74 bits per heavy atom. The molecule has 1 heterocycles. The number of pyridine rings is 1. The molecule has 1 aromatic heterocycles. The number of nitrogen functional groups attached to an aromatic ring is 1. The van der Waals surface area contributed by atoms with E-state index in [1.807, 2.05) is 26.0 Å². The standard InChI is InChI=1S/C15H17N3O/c1-3-18(14-6-4-5-13(16)10-14)15(19)12-7-8-17-11(2)9-12/h4-10H,3,16H2,1-2H3. The minimum absolute atomic E-state index is 0.0430. The van der Waals surface area contributed by atoms with Gasteiger partial charge in [0.15, 0.2) is 0 Å². The van der Waals surface area contributed by atoms with Crippen molar-refractivity contribution in [3.63, 3.8) is 0 Å². The highest BCUT2D eigenvalue weighted by Gasteiger charge is 2.16. The highest BCUT2D eigenvalue weighted by atomic mass is 16.2. The molecule has 0 aliphatic carbocycles. The van der Waals surface area contributed by atoms with E-state index in [1.165, 1.54) is 0 Å². The molecule has 0 aliphatic rings. The maximum absolute atomic E-state index is 12.5. The normalized spacial score (nSPS) is 10.2. The molecule has 98 valence electrons. The monoisotopic (exact) mass is 255 g/mol. The number of rotatable bonds is 3. The summed E-state index contributed by atoms with van der Waals surface area (Å²) >= 11 is 0. The van der Waals surface area contributed by atoms with E-state index in [2.05, 4.69) is 4.98 Å². The van der Waals surface area contributed by atoms with Gasteiger partial charge in [0.25, 0.3) is 5.91 Å². The summed E-state index contributed by atoms with van der Waals surface area (Å²) in [4.78, 5) is 18.3. The molecule has 0 bridgehead atoms. The fourth-order valence-electron chi connectivity index (χ4n) is 1.97. The summed E-state index contributed by atoms with van der Waals surface area (Å²) in [6, 6.07) is 10.8. The second kappa shape index (κ2) is 5.52. The van der Waals surface area contributed by atoms with Gasteiger partial charge in [0.05, 0.1) is 0 Å². The lowest BCUT2D eigenvalue weighted by molar-refractivity contribution is 0.0988. The van der Waals surface area contributed by atoms with Gasteiger partial charge >= 0.3 is 0 Å². The lowest BCUT2D eigenvalue weighted by atomic mass is 10.2. The van der Waals surface area contributed by atoms with E-state index in [0.717, 1.165) is 11.4 Å². The number of nitrogens with zero attached hydrogens (tertiary/aromatic N) is 2. The number of carbonyl (C=O) groups excluding carboxylic acids is 1. The van der Waals surface area contributed by atoms with E-state index < -0.39 is 0 Å². The van der Waals surface area contributed by atoms with Crippen molar-refractivity contribution in [1.29, 1.82) is 0 Å². The third kappa shape index (κ3) is 2.91. The van der Waals surface area contributed by atoms with Crippen LogP contribution in [0.2, 0.25) is 0 Å². The molecule has 0 aliphatic heterocycles. The van der Waals surface area contributed by atoms with Crippen molar-refractivity contribution in [3.8, 4) is 0 Å². The number of aryl methyl sites for hydroxylation is 1. The van der Waals surface area contributed by atoms with Crippen molar-refractivity contribution in [1.82, 2.24) is 4.98 Å². The first-order valence-corrected chi connectivity index (χ1v) is 6.22. The van der Waals surface area contributed by atoms with E-state index >= 15 is 0 Å². The molecule has 19 heavy (non-hydrogen) atoms. The van der Waals surface area contributed by atoms with Crippen LogP contribution in [0.3, 0.4) is 0 Å². The van der Waals surface area contributed by atoms with Crippen LogP contribution in [0.5, 0.6) is 0 Å². The van der Waals surface area contributed by atoms with Gasteiger partial charge in [-0.15, -0.1) is 0 Å². The van der Waals surface area contributed by atoms with E-state index in [9.17, 15) is 4.79 Å². The molecule has 2 N–H and O–H groups in total. The van der Waals surface area contributed by atoms with Gasteiger partial charge in [-0.2, -0.15) is 0 Å². The molecule has 1 amide bonds. The van der Waals surface area contributed by atoms with Crippen molar-refractivity contribution >= 4 is 17.3 Å². The molecule has 0 saturated carbocycles. The number of hydrogen-bond acceptors (Lipinski definition) is 3. The third-order valence-corrected chi connectivity index (χ3v) is 2.89. The SMILES string of the molecule is CCN(C(=O)c1ccnc(C)c1)c1cccc(N)c1. The van der Waals surface area contributed by atoms with E-state index in [-0.39, 0.29) is 5.91 Å². The molecule has 0 fully saturated rings. The van der Waals surface area contributed by atoms with Crippen molar-refractivity contribution in [2.75, 3.05) is 17.2 Å². The van der Waals surface area contributed by atoms with Crippen LogP contribution in [0.1, 0.15) is 23.0 Å². The second-order valence-electron chi connectivity index (χ2n) is 4.33. The smallest absolute Gasteiger partial charge is 0.258 e. The zero-order chi connectivity index (χ0) is 13.8. The predicted octanol–water partition coefficient (Wildman–Crippen LogP) is 2.64. The minimum atomic E-state index is -0.0430. The molecule has 2 rings (SSSR count). The molecular formula is C15H17N3O. The Labute approximate surface area is 112 Å². The van der Waals surface area contributed by atoms with Crippen LogP contribution >= 0.6 is 0 Å². The highest BCUT2D eigenvalue weighted by Crippen LogP contribution is 2.19. The molecular weight excluding hydrogens is 238 g/mol. The van der Waals surface area contributed by atoms with Crippen LogP contribution in [0.25, 0.3) is 0 Å². The third-order valence-electron chi connectivity index (χ3n) is 2.89. The zero-order valence-electron chi connectivity index (χ0n) is 11.1. The molecule has 0 saturated heterocycles. The highest BCUT2D eigenvalue weighted by molar-refractivity contribution is 6.06. The van der Waals surface area contributed by atoms with Crippen LogP contribution in [0.4, 0.5) is 11.4 Å². The van der Waals surface area contributed by atoms with Crippen molar-refractivity contribution in [2.45, 2.75) is 13.8 Å². The van der Waals surface area contributed by atoms with Crippen LogP contribution in [-0.2, 0) is 0 Å². The Balaban J connectivity index is 2.34. The van der Waals surface area contributed by atoms with Crippen LogP contribution in [0.15, 0.2) is 42.6 Å². The predicted molar refractivity (Wildman–Crippen MR) is 77.2 cm³/mol. The van der Waals surface area contributed by atoms with Crippen molar-refractivity contribution in [3.05, 3.63) is 53.9 Å². The van der Waals surface area contributed by atoms with Crippen LogP contribution < -0.4 is 10.6 Å². The molecule has 0 unspecified atom stereocenters. The first-order valence-electron chi connectivity index (χ1n) is 6.22. The molecule has 4 heteroatoms. The molecule has 4 nitrogen and oxygen atoms in total. The number of carbonyl (C=O) groups is 1. The number of nitrogens with two attached hydrogens (primary N) is 1. The second-order valence-corrected chi connectivity index (χ2v) is 4.33. The number of aromatic nitrogens is 1. The first-order chi connectivity index (χ1) is 9.11. The van der Waals surface area contributed by atoms with Gasteiger partial charge in [0.1, 0.15) is 0 Å². The Morgan fingerprint density at radius 1 is 1.32 bits per heavy atom. The lowest BCUT2D eigenvalue weighted by Crippen LogP contribution is -2.30. The molecule has 1 aromatic carbocycles. The van der Waals surface area contributed by atoms with Gasteiger partial charge in [0.2, 0.25) is 0 Å². The van der Waals surface area contributed by atoms with Crippen LogP contribution in [0, 0.1) is 6.92 Å². The molecule has 0 atom stereocenters. The van der Waals surface area contributed by atoms with E-state index in [0.29, 0.717) is 17.8 Å². The number of anilines is 2. The minimum Gasteiger partial charge on any atom is -0.399 e. The number of hydrogen-bond donors (Lipinski definition) is 1. The lowest BCUT2D eigenvalue weighted by Gasteiger charge is -2.21. The number of amides is 1. The molecule has 0 radical (unpaired) electrons. The van der Waals surface area contributed by atoms with Crippen LogP contribution in [-0.4, -0.2) is 17.4 Å². The quantitative estimate of drug-likeness (QED) is 0.858. The maximum Gasteiger partial charge on any atom is 0.258 e. The summed E-state index contributed by atoms with van der Waals surface area (Å²) in [6.45, 7) is 4.40. The summed E-state index contributed by atoms with van der Waals surface area (Å²) in [5.74, 6) is -0.0430. The summed E-state index contributed by atoms with van der Waals surface area (Å²) < 4.78 is 0. The van der Waals surface area contributed by atoms with Gasteiger partial charge < -0.3 is 10.6 Å². The Kier molecular flexibility index (Phi) is 3.80. The molecule has 0 spiro atoms. The topological polar surface area (TPSA) is 59.2 Å². The zero-order valence-corrected chi connectivity index (χ0v) is 11.1. The Hall–Kier alpha value is -2.36. The maximum atomic E-state index is 12.5. The summed E-state index contributed by atoms with van der Waals surface area (Å²) in [6.07, 6.45) is 1.65. The fraction of sp³-hybridized carbons (Fsp3) is 0.200. The average Bonchev–Trinajstić information content (AvgIpc) is 2.39. The molecule has 2 aromatic rings. The van der Waals surface area contributed by atoms with Gasteiger partial charge in [0, 0.05) is 35.4 Å². The summed E-state index contributed by atoms with van der Waals surface area (Å²) in [5.41, 5.74) is 8.69. The summed E-state index contributed by atoms with van der Waals surface area (Å²) in [7, 11) is 0. The van der Waals surface area contributed by atoms with Gasteiger partial charge in [-0.1, -0.05) is 6.07 Å².